The summed E-state index contributed by atoms with van der Waals surface area (Å²) in [4.78, 5) is 15.6. The highest BCUT2D eigenvalue weighted by Gasteiger charge is 2.36. The minimum Gasteiger partial charge on any atom is -0.428 e. The van der Waals surface area contributed by atoms with E-state index in [4.69, 9.17) is 4.74 Å². The Balaban J connectivity index is 2.05. The summed E-state index contributed by atoms with van der Waals surface area (Å²) in [6, 6.07) is 17.1. The van der Waals surface area contributed by atoms with Gasteiger partial charge in [0, 0.05) is 27.7 Å². The number of aromatic amines is 1. The van der Waals surface area contributed by atoms with Crippen LogP contribution in [0.3, 0.4) is 0 Å². The molecule has 4 rings (SSSR count). The van der Waals surface area contributed by atoms with Crippen molar-refractivity contribution in [1.82, 2.24) is 4.98 Å². The highest BCUT2D eigenvalue weighted by Crippen LogP contribution is 2.40. The number of esters is 1. The number of cyclic esters (lactones) is 1. The van der Waals surface area contributed by atoms with Crippen LogP contribution < -0.4 is 0 Å². The second-order valence-corrected chi connectivity index (χ2v) is 5.58. The van der Waals surface area contributed by atoms with E-state index in [1.807, 2.05) is 61.5 Å². The van der Waals surface area contributed by atoms with Crippen LogP contribution in [0.15, 0.2) is 54.6 Å². The number of aliphatic hydroxyl groups is 1. The van der Waals surface area contributed by atoms with Crippen LogP contribution in [0.2, 0.25) is 0 Å². The van der Waals surface area contributed by atoms with E-state index in [9.17, 15) is 9.90 Å². The third-order valence-corrected chi connectivity index (χ3v) is 4.16. The number of H-pyrrole nitrogens is 1. The molecule has 0 saturated carbocycles. The molecule has 2 heterocycles. The molecule has 4 heteroatoms. The zero-order valence-corrected chi connectivity index (χ0v) is 12.5. The Morgan fingerprint density at radius 3 is 2.52 bits per heavy atom. The molecule has 0 fully saturated rings. The number of aromatic nitrogens is 1. The summed E-state index contributed by atoms with van der Waals surface area (Å²) < 4.78 is 5.10. The maximum absolute atomic E-state index is 12.3. The van der Waals surface area contributed by atoms with Crippen LogP contribution in [0.1, 0.15) is 16.8 Å². The number of para-hydroxylation sites is 1. The van der Waals surface area contributed by atoms with Crippen LogP contribution in [0, 0.1) is 6.92 Å². The van der Waals surface area contributed by atoms with E-state index in [1.54, 1.807) is 0 Å². The van der Waals surface area contributed by atoms with Gasteiger partial charge in [-0.05, 0) is 18.6 Å². The smallest absolute Gasteiger partial charge is 0.341 e. The molecule has 0 amide bonds. The average molecular weight is 305 g/mol. The van der Waals surface area contributed by atoms with Crippen LogP contribution in [-0.2, 0) is 9.53 Å². The molecule has 1 aliphatic rings. The first-order valence-electron chi connectivity index (χ1n) is 7.43. The summed E-state index contributed by atoms with van der Waals surface area (Å²) >= 11 is 0. The van der Waals surface area contributed by atoms with Gasteiger partial charge in [0.25, 0.3) is 0 Å². The highest BCUT2D eigenvalue weighted by molar-refractivity contribution is 6.29. The molecule has 23 heavy (non-hydrogen) atoms. The van der Waals surface area contributed by atoms with E-state index in [0.717, 1.165) is 27.7 Å². The standard InChI is InChI=1S/C19H15NO3/c1-11-15(13-9-5-6-10-14(13)20-11)17-16(18(21)23-19(17)22)12-7-3-2-4-8-12/h2-10,19-20,22H,1H3. The molecule has 0 aliphatic carbocycles. The number of aliphatic hydroxyl groups excluding tert-OH is 1. The maximum Gasteiger partial charge on any atom is 0.341 e. The number of carbonyl (C=O) groups is 1. The van der Waals surface area contributed by atoms with Crippen molar-refractivity contribution in [2.45, 2.75) is 13.2 Å². The van der Waals surface area contributed by atoms with E-state index in [2.05, 4.69) is 4.98 Å². The van der Waals surface area contributed by atoms with Gasteiger partial charge in [0.2, 0.25) is 6.29 Å². The third-order valence-electron chi connectivity index (χ3n) is 4.16. The number of hydrogen-bond donors (Lipinski definition) is 2. The van der Waals surface area contributed by atoms with Gasteiger partial charge in [0.1, 0.15) is 0 Å². The predicted molar refractivity (Wildman–Crippen MR) is 88.4 cm³/mol. The van der Waals surface area contributed by atoms with Crippen molar-refractivity contribution < 1.29 is 14.6 Å². The lowest BCUT2D eigenvalue weighted by atomic mass is 9.94. The van der Waals surface area contributed by atoms with Crippen molar-refractivity contribution in [3.63, 3.8) is 0 Å². The minimum atomic E-state index is -1.25. The zero-order chi connectivity index (χ0) is 16.0. The molecule has 0 spiro atoms. The van der Waals surface area contributed by atoms with Crippen molar-refractivity contribution in [2.75, 3.05) is 0 Å². The summed E-state index contributed by atoms with van der Waals surface area (Å²) in [5.74, 6) is -0.497. The summed E-state index contributed by atoms with van der Waals surface area (Å²) in [5.41, 5.74) is 4.38. The predicted octanol–water partition coefficient (Wildman–Crippen LogP) is 3.26. The van der Waals surface area contributed by atoms with Crippen LogP contribution >= 0.6 is 0 Å². The lowest BCUT2D eigenvalue weighted by molar-refractivity contribution is -0.148. The van der Waals surface area contributed by atoms with Crippen molar-refractivity contribution in [3.8, 4) is 0 Å². The van der Waals surface area contributed by atoms with E-state index in [0.29, 0.717) is 11.1 Å². The van der Waals surface area contributed by atoms with E-state index < -0.39 is 12.3 Å². The number of aryl methyl sites for hydroxylation is 1. The molecule has 0 radical (unpaired) electrons. The van der Waals surface area contributed by atoms with Crippen molar-refractivity contribution in [3.05, 3.63) is 71.4 Å². The first-order valence-corrected chi connectivity index (χ1v) is 7.43. The van der Waals surface area contributed by atoms with Gasteiger partial charge >= 0.3 is 5.97 Å². The Hall–Kier alpha value is -2.85. The Morgan fingerprint density at radius 1 is 1.04 bits per heavy atom. The fourth-order valence-electron chi connectivity index (χ4n) is 3.20. The van der Waals surface area contributed by atoms with Crippen molar-refractivity contribution >= 4 is 28.0 Å². The Bertz CT molecular complexity index is 938. The van der Waals surface area contributed by atoms with Gasteiger partial charge in [0.15, 0.2) is 0 Å². The molecule has 1 aliphatic heterocycles. The van der Waals surface area contributed by atoms with Gasteiger partial charge in [0.05, 0.1) is 5.57 Å². The lowest BCUT2D eigenvalue weighted by Gasteiger charge is -2.09. The fraction of sp³-hybridized carbons (Fsp3) is 0.105. The molecule has 3 aromatic rings. The first-order chi connectivity index (χ1) is 11.2. The fourth-order valence-corrected chi connectivity index (χ4v) is 3.20. The average Bonchev–Trinajstić information content (AvgIpc) is 3.03. The summed E-state index contributed by atoms with van der Waals surface area (Å²) in [6.45, 7) is 1.93. The Labute approximate surface area is 133 Å². The summed E-state index contributed by atoms with van der Waals surface area (Å²) in [7, 11) is 0. The van der Waals surface area contributed by atoms with Crippen LogP contribution in [0.4, 0.5) is 0 Å². The van der Waals surface area contributed by atoms with Gasteiger partial charge in [-0.25, -0.2) is 4.79 Å². The van der Waals surface area contributed by atoms with Crippen molar-refractivity contribution in [1.29, 1.82) is 0 Å². The SMILES string of the molecule is Cc1[nH]c2ccccc2c1C1=C(c2ccccc2)C(=O)OC1O. The van der Waals surface area contributed by atoms with Gasteiger partial charge in [-0.2, -0.15) is 0 Å². The molecule has 1 aromatic heterocycles. The number of nitrogens with one attached hydrogen (secondary N) is 1. The second kappa shape index (κ2) is 5.11. The zero-order valence-electron chi connectivity index (χ0n) is 12.5. The van der Waals surface area contributed by atoms with E-state index in [-0.39, 0.29) is 0 Å². The monoisotopic (exact) mass is 305 g/mol. The molecule has 0 saturated heterocycles. The number of hydrogen-bond acceptors (Lipinski definition) is 3. The topological polar surface area (TPSA) is 62.3 Å². The molecule has 1 unspecified atom stereocenters. The number of benzene rings is 2. The molecule has 1 atom stereocenters. The molecule has 4 nitrogen and oxygen atoms in total. The minimum absolute atomic E-state index is 0.422. The Morgan fingerprint density at radius 2 is 1.74 bits per heavy atom. The van der Waals surface area contributed by atoms with Gasteiger partial charge < -0.3 is 14.8 Å². The van der Waals surface area contributed by atoms with Crippen LogP contribution in [-0.4, -0.2) is 22.3 Å². The second-order valence-electron chi connectivity index (χ2n) is 5.58. The van der Waals surface area contributed by atoms with Gasteiger partial charge in [-0.15, -0.1) is 0 Å². The van der Waals surface area contributed by atoms with E-state index in [1.165, 1.54) is 0 Å². The number of ether oxygens (including phenoxy) is 1. The summed E-state index contributed by atoms with van der Waals surface area (Å²) in [5, 5.41) is 11.3. The van der Waals surface area contributed by atoms with Crippen LogP contribution in [0.5, 0.6) is 0 Å². The molecule has 114 valence electrons. The first kappa shape index (κ1) is 13.8. The molecule has 0 bridgehead atoms. The maximum atomic E-state index is 12.3. The van der Waals surface area contributed by atoms with Crippen LogP contribution in [0.25, 0.3) is 22.0 Å². The highest BCUT2D eigenvalue weighted by atomic mass is 16.6. The van der Waals surface area contributed by atoms with Gasteiger partial charge in [-0.3, -0.25) is 0 Å². The normalized spacial score (nSPS) is 17.8. The largest absolute Gasteiger partial charge is 0.428 e. The number of rotatable bonds is 2. The van der Waals surface area contributed by atoms with Gasteiger partial charge in [-0.1, -0.05) is 48.5 Å². The molecular weight excluding hydrogens is 290 g/mol. The molecule has 2 N–H and O–H groups in total. The van der Waals surface area contributed by atoms with E-state index >= 15 is 0 Å². The third kappa shape index (κ3) is 2.07. The number of fused-ring (bicyclic) bond motifs is 1. The Kier molecular flexibility index (Phi) is 3.06. The summed E-state index contributed by atoms with van der Waals surface area (Å²) in [6.07, 6.45) is -1.25. The lowest BCUT2D eigenvalue weighted by Crippen LogP contribution is -2.09. The molecule has 2 aromatic carbocycles. The quantitative estimate of drug-likeness (QED) is 0.714. The van der Waals surface area contributed by atoms with Crippen molar-refractivity contribution in [2.24, 2.45) is 0 Å². The molecular formula is C19H15NO3. The number of carbonyl (C=O) groups excluding carboxylic acids is 1.